The number of hydrogen-bond acceptors (Lipinski definition) is 2. The first-order chi connectivity index (χ1) is 12.7. The SMILES string of the molecule is CCCC1=C(CCC)C(CCC)=C(CCC)C1=Nc1ccc(OC)cc1. The number of methoxy groups -OCH3 is 1. The van der Waals surface area contributed by atoms with Gasteiger partial charge in [0.15, 0.2) is 0 Å². The van der Waals surface area contributed by atoms with Crippen molar-refractivity contribution in [3.8, 4) is 5.75 Å². The predicted molar refractivity (Wildman–Crippen MR) is 114 cm³/mol. The minimum atomic E-state index is 0.882. The lowest BCUT2D eigenvalue weighted by Crippen LogP contribution is -2.04. The van der Waals surface area contributed by atoms with Gasteiger partial charge in [-0.15, -0.1) is 0 Å². The number of benzene rings is 1. The smallest absolute Gasteiger partial charge is 0.119 e. The number of ether oxygens (including phenoxy) is 1. The van der Waals surface area contributed by atoms with Gasteiger partial charge in [0.2, 0.25) is 0 Å². The summed E-state index contributed by atoms with van der Waals surface area (Å²) in [6.07, 6.45) is 9.36. The molecule has 0 saturated carbocycles. The molecule has 0 saturated heterocycles. The molecule has 0 fully saturated rings. The molecule has 1 aliphatic carbocycles. The summed E-state index contributed by atoms with van der Waals surface area (Å²) in [5.74, 6) is 0.882. The zero-order chi connectivity index (χ0) is 18.9. The number of allylic oxidation sites excluding steroid dienone is 4. The van der Waals surface area contributed by atoms with Gasteiger partial charge in [0.05, 0.1) is 18.5 Å². The Morgan fingerprint density at radius 1 is 0.654 bits per heavy atom. The van der Waals surface area contributed by atoms with Gasteiger partial charge in [-0.3, -0.25) is 0 Å². The molecule has 0 N–H and O–H groups in total. The zero-order valence-corrected chi connectivity index (χ0v) is 17.3. The highest BCUT2D eigenvalue weighted by Crippen LogP contribution is 2.40. The van der Waals surface area contributed by atoms with Crippen LogP contribution in [0.1, 0.15) is 79.1 Å². The van der Waals surface area contributed by atoms with Crippen LogP contribution in [0.25, 0.3) is 0 Å². The summed E-state index contributed by atoms with van der Waals surface area (Å²) in [7, 11) is 1.70. The summed E-state index contributed by atoms with van der Waals surface area (Å²) in [6, 6.07) is 8.13. The number of rotatable bonds is 10. The summed E-state index contributed by atoms with van der Waals surface area (Å²) in [4.78, 5) is 5.14. The molecule has 1 aromatic carbocycles. The largest absolute Gasteiger partial charge is 0.497 e. The van der Waals surface area contributed by atoms with Crippen LogP contribution in [0.4, 0.5) is 5.69 Å². The average Bonchev–Trinajstić information content (AvgIpc) is 2.90. The molecule has 0 radical (unpaired) electrons. The number of nitrogens with zero attached hydrogens (tertiary/aromatic N) is 1. The molecule has 2 rings (SSSR count). The zero-order valence-electron chi connectivity index (χ0n) is 17.3. The first kappa shape index (κ1) is 20.5. The van der Waals surface area contributed by atoms with Crippen LogP contribution in [0.2, 0.25) is 0 Å². The lowest BCUT2D eigenvalue weighted by atomic mass is 9.95. The molecule has 0 spiro atoms. The first-order valence-corrected chi connectivity index (χ1v) is 10.4. The fraction of sp³-hybridized carbons (Fsp3) is 0.542. The Labute approximate surface area is 160 Å². The van der Waals surface area contributed by atoms with Gasteiger partial charge in [-0.25, -0.2) is 4.99 Å². The van der Waals surface area contributed by atoms with Crippen molar-refractivity contribution in [3.05, 3.63) is 46.6 Å². The highest BCUT2D eigenvalue weighted by molar-refractivity contribution is 6.18. The van der Waals surface area contributed by atoms with E-state index in [1.807, 2.05) is 12.1 Å². The van der Waals surface area contributed by atoms with E-state index in [9.17, 15) is 0 Å². The highest BCUT2D eigenvalue weighted by Gasteiger charge is 2.28. The van der Waals surface area contributed by atoms with E-state index in [0.29, 0.717) is 0 Å². The maximum Gasteiger partial charge on any atom is 0.119 e. The van der Waals surface area contributed by atoms with Crippen molar-refractivity contribution in [2.75, 3.05) is 7.11 Å². The van der Waals surface area contributed by atoms with Crippen LogP contribution in [0, 0.1) is 0 Å². The van der Waals surface area contributed by atoms with Crippen LogP contribution in [0.5, 0.6) is 5.75 Å². The van der Waals surface area contributed by atoms with E-state index < -0.39 is 0 Å². The van der Waals surface area contributed by atoms with Gasteiger partial charge in [-0.05, 0) is 72.2 Å². The minimum Gasteiger partial charge on any atom is -0.497 e. The molecule has 2 heteroatoms. The van der Waals surface area contributed by atoms with Crippen molar-refractivity contribution in [2.45, 2.75) is 79.1 Å². The van der Waals surface area contributed by atoms with E-state index >= 15 is 0 Å². The van der Waals surface area contributed by atoms with Crippen molar-refractivity contribution < 1.29 is 4.74 Å². The molecule has 0 amide bonds. The standard InChI is InChI=1S/C24H35NO/c1-6-10-20-21(11-7-2)23(13-9-4)24(22(20)12-8-3)25-18-14-16-19(26-5)17-15-18/h14-17H,6-13H2,1-5H3. The normalized spacial score (nSPS) is 14.4. The van der Waals surface area contributed by atoms with Crippen LogP contribution in [0.15, 0.2) is 51.6 Å². The second kappa shape index (κ2) is 10.4. The molecular formula is C24H35NO. The maximum atomic E-state index is 5.29. The Bertz CT molecular complexity index is 643. The maximum absolute atomic E-state index is 5.29. The van der Waals surface area contributed by atoms with E-state index in [1.165, 1.54) is 55.4 Å². The van der Waals surface area contributed by atoms with E-state index in [0.717, 1.165) is 24.3 Å². The van der Waals surface area contributed by atoms with Crippen molar-refractivity contribution in [1.82, 2.24) is 0 Å². The van der Waals surface area contributed by atoms with Gasteiger partial charge in [0.1, 0.15) is 5.75 Å². The van der Waals surface area contributed by atoms with Crippen LogP contribution in [-0.2, 0) is 0 Å². The van der Waals surface area contributed by atoms with Crippen LogP contribution in [0.3, 0.4) is 0 Å². The molecule has 0 unspecified atom stereocenters. The summed E-state index contributed by atoms with van der Waals surface area (Å²) in [5.41, 5.74) is 8.52. The van der Waals surface area contributed by atoms with Crippen LogP contribution < -0.4 is 4.74 Å². The van der Waals surface area contributed by atoms with Crippen molar-refractivity contribution in [2.24, 2.45) is 4.99 Å². The van der Waals surface area contributed by atoms with E-state index in [2.05, 4.69) is 39.8 Å². The van der Waals surface area contributed by atoms with Crippen LogP contribution >= 0.6 is 0 Å². The second-order valence-electron chi connectivity index (χ2n) is 7.07. The van der Waals surface area contributed by atoms with Crippen molar-refractivity contribution >= 4 is 11.4 Å². The van der Waals surface area contributed by atoms with Gasteiger partial charge >= 0.3 is 0 Å². The third-order valence-electron chi connectivity index (χ3n) is 4.98. The molecule has 1 aliphatic rings. The number of hydrogen-bond donors (Lipinski definition) is 0. The Kier molecular flexibility index (Phi) is 8.15. The van der Waals surface area contributed by atoms with Gasteiger partial charge in [0.25, 0.3) is 0 Å². The van der Waals surface area contributed by atoms with Crippen molar-refractivity contribution in [1.29, 1.82) is 0 Å². The monoisotopic (exact) mass is 353 g/mol. The molecule has 0 aliphatic heterocycles. The molecule has 2 nitrogen and oxygen atoms in total. The second-order valence-corrected chi connectivity index (χ2v) is 7.07. The molecule has 142 valence electrons. The van der Waals surface area contributed by atoms with E-state index in [-0.39, 0.29) is 0 Å². The Morgan fingerprint density at radius 2 is 1.08 bits per heavy atom. The summed E-state index contributed by atoms with van der Waals surface area (Å²) in [6.45, 7) is 9.13. The number of aliphatic imine (C=N–C) groups is 1. The van der Waals surface area contributed by atoms with Gasteiger partial charge < -0.3 is 4.74 Å². The van der Waals surface area contributed by atoms with Crippen molar-refractivity contribution in [3.63, 3.8) is 0 Å². The lowest BCUT2D eigenvalue weighted by Gasteiger charge is -2.10. The topological polar surface area (TPSA) is 21.6 Å². The van der Waals surface area contributed by atoms with E-state index in [1.54, 1.807) is 18.3 Å². The summed E-state index contributed by atoms with van der Waals surface area (Å²) < 4.78 is 5.29. The molecule has 0 aromatic heterocycles. The Morgan fingerprint density at radius 3 is 1.46 bits per heavy atom. The molecular weight excluding hydrogens is 318 g/mol. The third kappa shape index (κ3) is 4.66. The molecule has 0 bridgehead atoms. The predicted octanol–water partition coefficient (Wildman–Crippen LogP) is 7.57. The minimum absolute atomic E-state index is 0.882. The van der Waals surface area contributed by atoms with Gasteiger partial charge in [-0.1, -0.05) is 53.4 Å². The summed E-state index contributed by atoms with van der Waals surface area (Å²) >= 11 is 0. The van der Waals surface area contributed by atoms with Gasteiger partial charge in [-0.2, -0.15) is 0 Å². The van der Waals surface area contributed by atoms with Crippen LogP contribution in [-0.4, -0.2) is 12.8 Å². The quantitative estimate of drug-likeness (QED) is 0.425. The molecule has 0 atom stereocenters. The molecule has 26 heavy (non-hydrogen) atoms. The first-order valence-electron chi connectivity index (χ1n) is 10.4. The fourth-order valence-electron chi connectivity index (χ4n) is 3.90. The molecule has 0 heterocycles. The fourth-order valence-corrected chi connectivity index (χ4v) is 3.90. The molecule has 1 aromatic rings. The van der Waals surface area contributed by atoms with E-state index in [4.69, 9.17) is 9.73 Å². The van der Waals surface area contributed by atoms with Gasteiger partial charge in [0, 0.05) is 0 Å². The summed E-state index contributed by atoms with van der Waals surface area (Å²) in [5, 5.41) is 0. The lowest BCUT2D eigenvalue weighted by molar-refractivity contribution is 0.415. The Balaban J connectivity index is 2.56. The average molecular weight is 354 g/mol. The Hall–Kier alpha value is -1.83. The highest BCUT2D eigenvalue weighted by atomic mass is 16.5. The third-order valence-corrected chi connectivity index (χ3v) is 4.98.